The third kappa shape index (κ3) is 4.65. The Morgan fingerprint density at radius 2 is 1.82 bits per heavy atom. The van der Waals surface area contributed by atoms with Gasteiger partial charge in [-0.1, -0.05) is 6.92 Å². The lowest BCUT2D eigenvalue weighted by molar-refractivity contribution is 0.0521. The molecule has 204 valence electrons. The van der Waals surface area contributed by atoms with E-state index in [1.165, 1.54) is 10.6 Å². The Bertz CT molecular complexity index is 1480. The van der Waals surface area contributed by atoms with Gasteiger partial charge in [-0.05, 0) is 91.8 Å². The van der Waals surface area contributed by atoms with Gasteiger partial charge >= 0.3 is 0 Å². The third-order valence-electron chi connectivity index (χ3n) is 8.37. The van der Waals surface area contributed by atoms with E-state index < -0.39 is 23.4 Å². The summed E-state index contributed by atoms with van der Waals surface area (Å²) in [5.41, 5.74) is 6.63. The number of rotatable bonds is 5. The van der Waals surface area contributed by atoms with Gasteiger partial charge in [0.25, 0.3) is 0 Å². The second-order valence-electron chi connectivity index (χ2n) is 11.0. The molecule has 39 heavy (non-hydrogen) atoms. The number of fused-ring (bicyclic) bond motifs is 1. The number of aromatic nitrogens is 4. The van der Waals surface area contributed by atoms with Crippen LogP contribution in [-0.2, 0) is 5.67 Å². The summed E-state index contributed by atoms with van der Waals surface area (Å²) in [4.78, 5) is 8.69. The van der Waals surface area contributed by atoms with Gasteiger partial charge in [0.1, 0.15) is 17.3 Å². The van der Waals surface area contributed by atoms with Crippen molar-refractivity contribution in [3.05, 3.63) is 71.7 Å². The molecule has 3 heterocycles. The summed E-state index contributed by atoms with van der Waals surface area (Å²) >= 11 is 0. The molecule has 4 N–H and O–H groups in total. The Morgan fingerprint density at radius 3 is 2.54 bits per heavy atom. The number of halogens is 3. The van der Waals surface area contributed by atoms with Crippen LogP contribution >= 0.6 is 0 Å². The normalized spacial score (nSPS) is 24.8. The van der Waals surface area contributed by atoms with Crippen LogP contribution in [0.2, 0.25) is 0 Å². The Labute approximate surface area is 224 Å². The highest BCUT2D eigenvalue weighted by Crippen LogP contribution is 2.44. The van der Waals surface area contributed by atoms with Gasteiger partial charge in [-0.25, -0.2) is 18.2 Å². The minimum atomic E-state index is -1.70. The van der Waals surface area contributed by atoms with Gasteiger partial charge in [0.15, 0.2) is 0 Å². The van der Waals surface area contributed by atoms with Crippen LogP contribution in [0, 0.1) is 17.6 Å². The summed E-state index contributed by atoms with van der Waals surface area (Å²) in [5, 5.41) is 18.1. The number of benzene rings is 1. The molecule has 1 aromatic carbocycles. The van der Waals surface area contributed by atoms with E-state index in [9.17, 15) is 5.11 Å². The minimum Gasteiger partial charge on any atom is -0.391 e. The fraction of sp³-hybridized carbons (Fsp3) is 0.414. The largest absolute Gasteiger partial charge is 0.391 e. The van der Waals surface area contributed by atoms with Crippen LogP contribution in [0.15, 0.2) is 48.9 Å². The molecule has 2 aliphatic rings. The summed E-state index contributed by atoms with van der Waals surface area (Å²) in [6.07, 6.45) is 7.79. The van der Waals surface area contributed by atoms with Crippen LogP contribution in [0.25, 0.3) is 16.8 Å². The van der Waals surface area contributed by atoms with Crippen LogP contribution in [0.5, 0.6) is 0 Å². The Kier molecular flexibility index (Phi) is 6.55. The van der Waals surface area contributed by atoms with Gasteiger partial charge in [-0.3, -0.25) is 4.98 Å². The first-order valence-electron chi connectivity index (χ1n) is 13.4. The van der Waals surface area contributed by atoms with Crippen molar-refractivity contribution in [2.24, 2.45) is 11.7 Å². The van der Waals surface area contributed by atoms with E-state index in [-0.39, 0.29) is 47.5 Å². The van der Waals surface area contributed by atoms with Gasteiger partial charge in [0.05, 0.1) is 41.0 Å². The first kappa shape index (κ1) is 25.8. The van der Waals surface area contributed by atoms with Crippen molar-refractivity contribution in [3.8, 4) is 11.3 Å². The van der Waals surface area contributed by atoms with Crippen molar-refractivity contribution >= 4 is 17.2 Å². The maximum atomic E-state index is 15.2. The molecular formula is C29H31F3N6O. The van der Waals surface area contributed by atoms with Crippen LogP contribution in [0.3, 0.4) is 0 Å². The molecule has 7 nitrogen and oxygen atoms in total. The van der Waals surface area contributed by atoms with E-state index in [1.807, 2.05) is 13.0 Å². The maximum Gasteiger partial charge on any atom is 0.229 e. The first-order valence-corrected chi connectivity index (χ1v) is 13.4. The van der Waals surface area contributed by atoms with Gasteiger partial charge in [-0.2, -0.15) is 9.61 Å². The van der Waals surface area contributed by atoms with Crippen molar-refractivity contribution in [1.82, 2.24) is 19.6 Å². The zero-order valence-corrected chi connectivity index (χ0v) is 21.6. The standard InChI is InChI=1S/C29H31F3N6O/c1-16-10-17(11-23(33)27(16)39)20-6-9-34-15-25(20)36-28-35-14-19-4-5-24(37-38(19)28)26-21(30)12-18(13-22(26)31)29(32)7-2-3-8-29/h4-6,9,12-17,23,27,39H,2-3,7-8,10-11,33H2,1H3,(H,35,36). The minimum absolute atomic E-state index is 0.0400. The highest BCUT2D eigenvalue weighted by molar-refractivity contribution is 5.66. The number of pyridine rings is 1. The molecule has 0 aliphatic heterocycles. The number of nitrogens with one attached hydrogen (secondary N) is 1. The molecule has 2 fully saturated rings. The predicted molar refractivity (Wildman–Crippen MR) is 142 cm³/mol. The average Bonchev–Trinajstić information content (AvgIpc) is 3.54. The van der Waals surface area contributed by atoms with Crippen molar-refractivity contribution < 1.29 is 18.3 Å². The molecule has 0 bridgehead atoms. The second-order valence-corrected chi connectivity index (χ2v) is 11.0. The number of imidazole rings is 1. The Hall–Kier alpha value is -3.50. The van der Waals surface area contributed by atoms with E-state index in [0.717, 1.165) is 24.1 Å². The topological polar surface area (TPSA) is 101 Å². The fourth-order valence-corrected chi connectivity index (χ4v) is 6.22. The lowest BCUT2D eigenvalue weighted by Crippen LogP contribution is -2.44. The second kappa shape index (κ2) is 9.91. The lowest BCUT2D eigenvalue weighted by Gasteiger charge is -2.36. The third-order valence-corrected chi connectivity index (χ3v) is 8.37. The number of anilines is 2. The summed E-state index contributed by atoms with van der Waals surface area (Å²) in [5.74, 6) is -1.20. The van der Waals surface area contributed by atoms with E-state index >= 15 is 13.2 Å². The Morgan fingerprint density at radius 1 is 1.08 bits per heavy atom. The molecule has 10 heteroatoms. The van der Waals surface area contributed by atoms with Crippen molar-refractivity contribution in [2.75, 3.05) is 5.32 Å². The zero-order valence-electron chi connectivity index (χ0n) is 21.6. The first-order chi connectivity index (χ1) is 18.7. The highest BCUT2D eigenvalue weighted by Gasteiger charge is 2.37. The number of hydrogen-bond donors (Lipinski definition) is 3. The van der Waals surface area contributed by atoms with Crippen LogP contribution < -0.4 is 11.1 Å². The molecule has 2 aliphatic carbocycles. The molecule has 0 amide bonds. The van der Waals surface area contributed by atoms with Crippen molar-refractivity contribution in [3.63, 3.8) is 0 Å². The molecule has 4 unspecified atom stereocenters. The van der Waals surface area contributed by atoms with E-state index in [4.69, 9.17) is 5.73 Å². The van der Waals surface area contributed by atoms with E-state index in [1.54, 1.807) is 24.7 Å². The molecule has 0 saturated heterocycles. The van der Waals surface area contributed by atoms with Crippen LogP contribution in [0.4, 0.5) is 24.8 Å². The smallest absolute Gasteiger partial charge is 0.229 e. The molecule has 0 spiro atoms. The number of aliphatic hydroxyl groups is 1. The number of nitrogens with two attached hydrogens (primary N) is 1. The molecule has 4 aromatic rings. The number of alkyl halides is 1. The number of aliphatic hydroxyl groups excluding tert-OH is 1. The summed E-state index contributed by atoms with van der Waals surface area (Å²) in [6.45, 7) is 1.99. The van der Waals surface area contributed by atoms with Gasteiger partial charge in [0.2, 0.25) is 5.95 Å². The molecule has 6 rings (SSSR count). The van der Waals surface area contributed by atoms with E-state index in [2.05, 4.69) is 20.4 Å². The van der Waals surface area contributed by atoms with E-state index in [0.29, 0.717) is 36.4 Å². The monoisotopic (exact) mass is 536 g/mol. The maximum absolute atomic E-state index is 15.2. The van der Waals surface area contributed by atoms with Crippen LogP contribution in [0.1, 0.15) is 62.5 Å². The van der Waals surface area contributed by atoms with Gasteiger partial charge in [-0.15, -0.1) is 0 Å². The molecular weight excluding hydrogens is 505 g/mol. The van der Waals surface area contributed by atoms with Crippen molar-refractivity contribution in [1.29, 1.82) is 0 Å². The summed E-state index contributed by atoms with van der Waals surface area (Å²) in [6, 6.07) is 6.98. The molecule has 3 aromatic heterocycles. The molecule has 2 saturated carbocycles. The quantitative estimate of drug-likeness (QED) is 0.300. The predicted octanol–water partition coefficient (Wildman–Crippen LogP) is 5.75. The number of hydrogen-bond acceptors (Lipinski definition) is 6. The Balaban J connectivity index is 1.33. The SMILES string of the molecule is CC1CC(c2ccncc2Nc2ncc3ccc(-c4c(F)cc(C5(F)CCCC5)cc4F)nn23)CC(N)C1O. The number of nitrogens with zero attached hydrogens (tertiary/aromatic N) is 4. The summed E-state index contributed by atoms with van der Waals surface area (Å²) in [7, 11) is 0. The molecule has 4 atom stereocenters. The fourth-order valence-electron chi connectivity index (χ4n) is 6.22. The average molecular weight is 537 g/mol. The summed E-state index contributed by atoms with van der Waals surface area (Å²) < 4.78 is 47.1. The lowest BCUT2D eigenvalue weighted by atomic mass is 9.74. The van der Waals surface area contributed by atoms with Crippen molar-refractivity contribution in [2.45, 2.75) is 69.2 Å². The van der Waals surface area contributed by atoms with Crippen LogP contribution in [-0.4, -0.2) is 36.8 Å². The highest BCUT2D eigenvalue weighted by atomic mass is 19.1. The van der Waals surface area contributed by atoms with Gasteiger partial charge < -0.3 is 16.2 Å². The zero-order chi connectivity index (χ0) is 27.3. The van der Waals surface area contributed by atoms with Gasteiger partial charge in [0, 0.05) is 12.2 Å². The molecule has 0 radical (unpaired) electrons.